The predicted octanol–water partition coefficient (Wildman–Crippen LogP) is 1.49. The molecule has 0 radical (unpaired) electrons. The van der Waals surface area contributed by atoms with Crippen LogP contribution in [-0.2, 0) is 38.3 Å². The van der Waals surface area contributed by atoms with Crippen LogP contribution in [0.5, 0.6) is 0 Å². The standard InChI is InChI=1S/C23H26N6O5S/c1-13-15-19(25-14-8-5-4-6-9-28(14)20(15)30)35-17(13)22(32)34-11-7-10-29-21(31)16-18(24-12-26(16)2)27(3)23(29)33/h12H,4-11H2,1-3H3. The SMILES string of the molecule is Cc1c(C(=O)OCCCn2c(=O)c3c(ncn3C)n(C)c2=O)sc2nc3n(c(=O)c12)CCCCC3. The highest BCUT2D eigenvalue weighted by Crippen LogP contribution is 2.29. The van der Waals surface area contributed by atoms with Crippen molar-refractivity contribution in [1.82, 2.24) is 28.2 Å². The molecule has 35 heavy (non-hydrogen) atoms. The van der Waals surface area contributed by atoms with Crippen LogP contribution in [0.4, 0.5) is 0 Å². The predicted molar refractivity (Wildman–Crippen MR) is 131 cm³/mol. The number of imidazole rings is 1. The van der Waals surface area contributed by atoms with Gasteiger partial charge in [0.15, 0.2) is 11.2 Å². The lowest BCUT2D eigenvalue weighted by atomic mass is 10.2. The summed E-state index contributed by atoms with van der Waals surface area (Å²) in [5, 5.41) is 0.479. The van der Waals surface area contributed by atoms with Crippen molar-refractivity contribution < 1.29 is 9.53 Å². The Morgan fingerprint density at radius 3 is 2.74 bits per heavy atom. The number of fused-ring (bicyclic) bond motifs is 3. The van der Waals surface area contributed by atoms with Crippen molar-refractivity contribution in [3.05, 3.63) is 53.8 Å². The third kappa shape index (κ3) is 3.81. The highest BCUT2D eigenvalue weighted by Gasteiger charge is 2.23. The summed E-state index contributed by atoms with van der Waals surface area (Å²) in [6.45, 7) is 2.51. The molecule has 0 aliphatic carbocycles. The Labute approximate surface area is 203 Å². The molecule has 0 fully saturated rings. The van der Waals surface area contributed by atoms with Gasteiger partial charge in [-0.2, -0.15) is 0 Å². The van der Waals surface area contributed by atoms with E-state index in [0.29, 0.717) is 38.4 Å². The van der Waals surface area contributed by atoms with Gasteiger partial charge in [-0.25, -0.2) is 19.6 Å². The monoisotopic (exact) mass is 498 g/mol. The molecule has 0 unspecified atom stereocenters. The Morgan fingerprint density at radius 1 is 1.14 bits per heavy atom. The first kappa shape index (κ1) is 23.2. The summed E-state index contributed by atoms with van der Waals surface area (Å²) in [6.07, 6.45) is 5.54. The molecule has 0 atom stereocenters. The van der Waals surface area contributed by atoms with Crippen molar-refractivity contribution in [3.8, 4) is 0 Å². The Bertz CT molecular complexity index is 1650. The van der Waals surface area contributed by atoms with Crippen molar-refractivity contribution in [2.45, 2.75) is 52.1 Å². The maximum atomic E-state index is 13.1. The highest BCUT2D eigenvalue weighted by atomic mass is 32.1. The summed E-state index contributed by atoms with van der Waals surface area (Å²) in [4.78, 5) is 61.0. The molecule has 0 amide bonds. The summed E-state index contributed by atoms with van der Waals surface area (Å²) >= 11 is 1.17. The third-order valence-corrected chi connectivity index (χ3v) is 7.72. The molecule has 12 heteroatoms. The molecular formula is C23H26N6O5S. The van der Waals surface area contributed by atoms with Gasteiger partial charge in [-0.3, -0.25) is 23.3 Å². The largest absolute Gasteiger partial charge is 0.461 e. The van der Waals surface area contributed by atoms with Gasteiger partial charge in [-0.05, 0) is 31.7 Å². The van der Waals surface area contributed by atoms with E-state index in [1.807, 2.05) is 0 Å². The topological polar surface area (TPSA) is 123 Å². The Balaban J connectivity index is 1.33. The van der Waals surface area contributed by atoms with E-state index in [0.717, 1.165) is 36.1 Å². The number of carbonyl (C=O) groups is 1. The number of hydrogen-bond donors (Lipinski definition) is 0. The minimum absolute atomic E-state index is 0.0223. The average Bonchev–Trinajstić information content (AvgIpc) is 3.27. The van der Waals surface area contributed by atoms with Crippen molar-refractivity contribution in [3.63, 3.8) is 0 Å². The smallest absolute Gasteiger partial charge is 0.348 e. The van der Waals surface area contributed by atoms with E-state index in [4.69, 9.17) is 4.74 Å². The van der Waals surface area contributed by atoms with Crippen molar-refractivity contribution in [2.75, 3.05) is 6.61 Å². The summed E-state index contributed by atoms with van der Waals surface area (Å²) < 4.78 is 11.2. The first-order chi connectivity index (χ1) is 16.8. The van der Waals surface area contributed by atoms with Gasteiger partial charge < -0.3 is 9.30 Å². The van der Waals surface area contributed by atoms with Crippen LogP contribution in [0, 0.1) is 6.92 Å². The van der Waals surface area contributed by atoms with Crippen molar-refractivity contribution in [2.24, 2.45) is 14.1 Å². The zero-order valence-electron chi connectivity index (χ0n) is 19.9. The lowest BCUT2D eigenvalue weighted by Crippen LogP contribution is -2.39. The summed E-state index contributed by atoms with van der Waals surface area (Å²) in [7, 11) is 3.26. The van der Waals surface area contributed by atoms with Gasteiger partial charge in [0.25, 0.3) is 11.1 Å². The molecule has 0 saturated heterocycles. The third-order valence-electron chi connectivity index (χ3n) is 6.56. The number of esters is 1. The first-order valence-corrected chi connectivity index (χ1v) is 12.4. The van der Waals surface area contributed by atoms with Gasteiger partial charge in [0.2, 0.25) is 0 Å². The average molecular weight is 499 g/mol. The number of nitrogens with zero attached hydrogens (tertiary/aromatic N) is 6. The molecule has 4 aromatic rings. The Morgan fingerprint density at radius 2 is 1.94 bits per heavy atom. The number of aryl methyl sites for hydroxylation is 4. The molecule has 11 nitrogen and oxygen atoms in total. The second-order valence-electron chi connectivity index (χ2n) is 8.85. The molecule has 1 aliphatic rings. The van der Waals surface area contributed by atoms with Crippen molar-refractivity contribution >= 4 is 38.7 Å². The van der Waals surface area contributed by atoms with Crippen LogP contribution in [0.25, 0.3) is 21.4 Å². The van der Waals surface area contributed by atoms with E-state index in [9.17, 15) is 19.2 Å². The lowest BCUT2D eigenvalue weighted by Gasteiger charge is -2.09. The fraction of sp³-hybridized carbons (Fsp3) is 0.478. The van der Waals surface area contributed by atoms with Crippen LogP contribution in [0.15, 0.2) is 20.7 Å². The summed E-state index contributed by atoms with van der Waals surface area (Å²) in [5.41, 5.74) is 0.244. The van der Waals surface area contributed by atoms with E-state index in [-0.39, 0.29) is 25.1 Å². The maximum absolute atomic E-state index is 13.1. The molecule has 0 aromatic carbocycles. The molecule has 184 valence electrons. The molecule has 0 saturated carbocycles. The number of thiophene rings is 1. The normalized spacial score (nSPS) is 13.8. The van der Waals surface area contributed by atoms with Crippen LogP contribution in [0.1, 0.15) is 46.7 Å². The molecule has 0 bridgehead atoms. The van der Waals surface area contributed by atoms with Crippen LogP contribution < -0.4 is 16.8 Å². The number of hydrogen-bond acceptors (Lipinski definition) is 8. The van der Waals surface area contributed by atoms with Gasteiger partial charge in [-0.15, -0.1) is 11.3 Å². The van der Waals surface area contributed by atoms with E-state index >= 15 is 0 Å². The molecule has 0 spiro atoms. The molecule has 5 rings (SSSR count). The first-order valence-electron chi connectivity index (χ1n) is 11.6. The Kier molecular flexibility index (Phi) is 5.91. The van der Waals surface area contributed by atoms with Gasteiger partial charge in [0.05, 0.1) is 18.3 Å². The number of aromatic nitrogens is 6. The maximum Gasteiger partial charge on any atom is 0.348 e. The van der Waals surface area contributed by atoms with Gasteiger partial charge >= 0.3 is 11.7 Å². The molecule has 5 heterocycles. The van der Waals surface area contributed by atoms with E-state index < -0.39 is 17.2 Å². The van der Waals surface area contributed by atoms with Gasteiger partial charge in [0.1, 0.15) is 15.5 Å². The van der Waals surface area contributed by atoms with E-state index in [1.54, 1.807) is 30.2 Å². The molecule has 1 aliphatic heterocycles. The molecule has 0 N–H and O–H groups in total. The minimum Gasteiger partial charge on any atom is -0.461 e. The van der Waals surface area contributed by atoms with Crippen LogP contribution in [0.2, 0.25) is 0 Å². The zero-order valence-corrected chi connectivity index (χ0v) is 20.7. The summed E-state index contributed by atoms with van der Waals surface area (Å²) in [6, 6.07) is 0. The second kappa shape index (κ2) is 8.91. The number of carbonyl (C=O) groups excluding carboxylic acids is 1. The molecular weight excluding hydrogens is 472 g/mol. The quantitative estimate of drug-likeness (QED) is 0.302. The fourth-order valence-corrected chi connectivity index (χ4v) is 5.74. The number of rotatable bonds is 5. The zero-order chi connectivity index (χ0) is 24.9. The second-order valence-corrected chi connectivity index (χ2v) is 9.85. The van der Waals surface area contributed by atoms with Gasteiger partial charge in [-0.1, -0.05) is 6.42 Å². The van der Waals surface area contributed by atoms with Crippen molar-refractivity contribution in [1.29, 1.82) is 0 Å². The summed E-state index contributed by atoms with van der Waals surface area (Å²) in [5.74, 6) is 0.242. The Hall–Kier alpha value is -3.54. The van der Waals surface area contributed by atoms with Crippen LogP contribution >= 0.6 is 11.3 Å². The minimum atomic E-state index is -0.535. The van der Waals surface area contributed by atoms with Crippen LogP contribution in [-0.4, -0.2) is 40.8 Å². The van der Waals surface area contributed by atoms with E-state index in [2.05, 4.69) is 9.97 Å². The van der Waals surface area contributed by atoms with Crippen LogP contribution in [0.3, 0.4) is 0 Å². The molecule has 4 aromatic heterocycles. The van der Waals surface area contributed by atoms with E-state index in [1.165, 1.54) is 22.2 Å². The lowest BCUT2D eigenvalue weighted by molar-refractivity contribution is 0.0500. The van der Waals surface area contributed by atoms with Gasteiger partial charge in [0, 0.05) is 33.6 Å². The number of ether oxygens (including phenoxy) is 1. The highest BCUT2D eigenvalue weighted by molar-refractivity contribution is 7.20. The fourth-order valence-electron chi connectivity index (χ4n) is 4.65.